The maximum atomic E-state index is 5.73. The van der Waals surface area contributed by atoms with Crippen molar-refractivity contribution < 1.29 is 4.74 Å². The highest BCUT2D eigenvalue weighted by molar-refractivity contribution is 7.11. The second-order valence-electron chi connectivity index (χ2n) is 7.08. The Bertz CT molecular complexity index is 759. The fourth-order valence-corrected chi connectivity index (χ4v) is 5.33. The number of ether oxygens (including phenoxy) is 1. The second-order valence-corrected chi connectivity index (χ2v) is 9.35. The van der Waals surface area contributed by atoms with Gasteiger partial charge >= 0.3 is 0 Å². The third-order valence-electron chi connectivity index (χ3n) is 4.92. The van der Waals surface area contributed by atoms with Crippen LogP contribution in [0, 0.1) is 13.8 Å². The summed E-state index contributed by atoms with van der Waals surface area (Å²) >= 11 is 3.60. The predicted molar refractivity (Wildman–Crippen MR) is 119 cm³/mol. The number of rotatable bonds is 7. The molecular weight excluding hydrogens is 390 g/mol. The molecule has 0 spiro atoms. The van der Waals surface area contributed by atoms with Gasteiger partial charge in [-0.25, -0.2) is 4.98 Å². The second kappa shape index (κ2) is 10.3. The summed E-state index contributed by atoms with van der Waals surface area (Å²) in [5, 5.41) is 10.3. The molecular formula is C20H31N5OS2. The summed E-state index contributed by atoms with van der Waals surface area (Å²) in [5.74, 6) is 0.849. The Hall–Kier alpha value is -1.48. The van der Waals surface area contributed by atoms with Gasteiger partial charge in [-0.3, -0.25) is 9.89 Å². The average Bonchev–Trinajstić information content (AvgIpc) is 3.30. The fourth-order valence-electron chi connectivity index (χ4n) is 3.53. The number of nitrogens with one attached hydrogen (secondary N) is 2. The Kier molecular flexibility index (Phi) is 7.84. The third-order valence-corrected chi connectivity index (χ3v) is 7.02. The van der Waals surface area contributed by atoms with Crippen molar-refractivity contribution in [3.63, 3.8) is 0 Å². The first-order valence-electron chi connectivity index (χ1n) is 9.83. The van der Waals surface area contributed by atoms with Crippen LogP contribution in [0.3, 0.4) is 0 Å². The molecule has 0 amide bonds. The number of aryl methyl sites for hydroxylation is 2. The van der Waals surface area contributed by atoms with Gasteiger partial charge in [0, 0.05) is 49.4 Å². The van der Waals surface area contributed by atoms with Crippen molar-refractivity contribution in [2.75, 3.05) is 39.8 Å². The van der Waals surface area contributed by atoms with Crippen LogP contribution in [0.5, 0.6) is 0 Å². The number of thiazole rings is 1. The maximum absolute atomic E-state index is 5.73. The van der Waals surface area contributed by atoms with Crippen LogP contribution >= 0.6 is 22.7 Å². The summed E-state index contributed by atoms with van der Waals surface area (Å²) in [6.07, 6.45) is 1.24. The van der Waals surface area contributed by atoms with Crippen LogP contribution in [-0.2, 0) is 11.2 Å². The largest absolute Gasteiger partial charge is 0.376 e. The maximum Gasteiger partial charge on any atom is 0.191 e. The summed E-state index contributed by atoms with van der Waals surface area (Å²) in [5.41, 5.74) is 1.14. The lowest BCUT2D eigenvalue weighted by Crippen LogP contribution is -2.48. The molecule has 3 rings (SSSR count). The van der Waals surface area contributed by atoms with Crippen LogP contribution in [0.15, 0.2) is 22.5 Å². The molecule has 28 heavy (non-hydrogen) atoms. The van der Waals surface area contributed by atoms with Gasteiger partial charge in [0.1, 0.15) is 0 Å². The van der Waals surface area contributed by atoms with Gasteiger partial charge in [-0.2, -0.15) is 0 Å². The Balaban J connectivity index is 1.54. The molecule has 1 saturated heterocycles. The van der Waals surface area contributed by atoms with Crippen LogP contribution in [-0.4, -0.2) is 61.8 Å². The normalized spacial score (nSPS) is 19.6. The molecule has 2 unspecified atom stereocenters. The first-order valence-corrected chi connectivity index (χ1v) is 11.5. The lowest BCUT2D eigenvalue weighted by atomic mass is 10.1. The molecule has 2 atom stereocenters. The van der Waals surface area contributed by atoms with Crippen LogP contribution in [0.2, 0.25) is 0 Å². The van der Waals surface area contributed by atoms with E-state index in [-0.39, 0.29) is 6.10 Å². The van der Waals surface area contributed by atoms with Gasteiger partial charge in [-0.05, 0) is 32.2 Å². The number of aliphatic imine (C=N–C) groups is 1. The molecule has 1 fully saturated rings. The highest BCUT2D eigenvalue weighted by atomic mass is 32.1. The van der Waals surface area contributed by atoms with Crippen molar-refractivity contribution in [3.8, 4) is 0 Å². The van der Waals surface area contributed by atoms with E-state index in [1.165, 1.54) is 9.75 Å². The number of thiophene rings is 1. The number of hydrogen-bond acceptors (Lipinski definition) is 6. The standard InChI is InChI=1S/C20H31N5OS2/c1-14-13-25(9-10-26-14)17(19-6-5-11-27-19)12-23-20(21-4)22-8-7-18-15(2)24-16(3)28-18/h5-6,11,14,17H,7-10,12-13H2,1-4H3,(H2,21,22,23). The Morgan fingerprint density at radius 3 is 2.93 bits per heavy atom. The van der Waals surface area contributed by atoms with E-state index in [0.29, 0.717) is 6.04 Å². The molecule has 2 N–H and O–H groups in total. The smallest absolute Gasteiger partial charge is 0.191 e. The van der Waals surface area contributed by atoms with E-state index in [2.05, 4.69) is 63.8 Å². The monoisotopic (exact) mass is 421 g/mol. The minimum absolute atomic E-state index is 0.278. The molecule has 6 nitrogen and oxygen atoms in total. The highest BCUT2D eigenvalue weighted by Crippen LogP contribution is 2.26. The third kappa shape index (κ3) is 5.76. The van der Waals surface area contributed by atoms with Crippen LogP contribution in [0.1, 0.15) is 33.4 Å². The van der Waals surface area contributed by atoms with E-state index >= 15 is 0 Å². The SMILES string of the molecule is CN=C(NCCc1sc(C)nc1C)NCC(c1cccs1)N1CCOC(C)C1. The molecule has 0 aromatic carbocycles. The first kappa shape index (κ1) is 21.2. The fraction of sp³-hybridized carbons (Fsp3) is 0.600. The summed E-state index contributed by atoms with van der Waals surface area (Å²) in [4.78, 5) is 14.2. The van der Waals surface area contributed by atoms with E-state index in [4.69, 9.17) is 4.74 Å². The molecule has 8 heteroatoms. The molecule has 154 valence electrons. The summed E-state index contributed by atoms with van der Waals surface area (Å²) in [7, 11) is 1.83. The van der Waals surface area contributed by atoms with E-state index in [9.17, 15) is 0 Å². The quantitative estimate of drug-likeness (QED) is 0.532. The van der Waals surface area contributed by atoms with Crippen molar-refractivity contribution in [3.05, 3.63) is 38.0 Å². The summed E-state index contributed by atoms with van der Waals surface area (Å²) in [6, 6.07) is 4.68. The molecule has 1 aliphatic rings. The zero-order chi connectivity index (χ0) is 19.9. The van der Waals surface area contributed by atoms with Crippen molar-refractivity contribution in [1.29, 1.82) is 0 Å². The zero-order valence-electron chi connectivity index (χ0n) is 17.2. The number of aromatic nitrogens is 1. The highest BCUT2D eigenvalue weighted by Gasteiger charge is 2.26. The molecule has 0 aliphatic carbocycles. The van der Waals surface area contributed by atoms with Gasteiger partial charge < -0.3 is 15.4 Å². The van der Waals surface area contributed by atoms with Crippen LogP contribution < -0.4 is 10.6 Å². The van der Waals surface area contributed by atoms with Crippen LogP contribution in [0.4, 0.5) is 0 Å². The van der Waals surface area contributed by atoms with Gasteiger partial charge in [0.25, 0.3) is 0 Å². The number of hydrogen-bond donors (Lipinski definition) is 2. The van der Waals surface area contributed by atoms with Gasteiger partial charge in [0.2, 0.25) is 0 Å². The first-order chi connectivity index (χ1) is 13.6. The molecule has 0 radical (unpaired) electrons. The number of morpholine rings is 1. The van der Waals surface area contributed by atoms with E-state index in [1.807, 2.05) is 18.4 Å². The van der Waals surface area contributed by atoms with Gasteiger partial charge in [0.15, 0.2) is 5.96 Å². The van der Waals surface area contributed by atoms with Crippen LogP contribution in [0.25, 0.3) is 0 Å². The van der Waals surface area contributed by atoms with Gasteiger partial charge in [-0.1, -0.05) is 6.07 Å². The van der Waals surface area contributed by atoms with Gasteiger partial charge in [-0.15, -0.1) is 22.7 Å². The minimum atomic E-state index is 0.278. The number of guanidine groups is 1. The van der Waals surface area contributed by atoms with Crippen molar-refractivity contribution >= 4 is 28.6 Å². The lowest BCUT2D eigenvalue weighted by molar-refractivity contribution is -0.0334. The lowest BCUT2D eigenvalue weighted by Gasteiger charge is -2.37. The topological polar surface area (TPSA) is 61.8 Å². The van der Waals surface area contributed by atoms with E-state index in [0.717, 1.165) is 55.9 Å². The molecule has 0 bridgehead atoms. The molecule has 1 aliphatic heterocycles. The predicted octanol–water partition coefficient (Wildman–Crippen LogP) is 2.99. The summed E-state index contributed by atoms with van der Waals surface area (Å²) in [6.45, 7) is 10.7. The van der Waals surface area contributed by atoms with Crippen molar-refractivity contribution in [2.24, 2.45) is 4.99 Å². The minimum Gasteiger partial charge on any atom is -0.376 e. The zero-order valence-corrected chi connectivity index (χ0v) is 18.8. The number of nitrogens with zero attached hydrogens (tertiary/aromatic N) is 3. The molecule has 0 saturated carbocycles. The summed E-state index contributed by atoms with van der Waals surface area (Å²) < 4.78 is 5.73. The molecule has 3 heterocycles. The average molecular weight is 422 g/mol. The van der Waals surface area contributed by atoms with Crippen molar-refractivity contribution in [1.82, 2.24) is 20.5 Å². The molecule has 2 aromatic rings. The van der Waals surface area contributed by atoms with Gasteiger partial charge in [0.05, 0.1) is 29.5 Å². The Morgan fingerprint density at radius 1 is 1.43 bits per heavy atom. The van der Waals surface area contributed by atoms with E-state index in [1.54, 1.807) is 11.3 Å². The molecule has 2 aromatic heterocycles. The Morgan fingerprint density at radius 2 is 2.29 bits per heavy atom. The van der Waals surface area contributed by atoms with E-state index < -0.39 is 0 Å². The Labute approximate surface area is 176 Å². The van der Waals surface area contributed by atoms with Crippen molar-refractivity contribution in [2.45, 2.75) is 39.3 Å².